The Bertz CT molecular complexity index is 448. The van der Waals surface area contributed by atoms with Crippen LogP contribution in [0.3, 0.4) is 0 Å². The van der Waals surface area contributed by atoms with Gasteiger partial charge in [0.2, 0.25) is 0 Å². The zero-order valence-electron chi connectivity index (χ0n) is 14.3. The third-order valence-corrected chi connectivity index (χ3v) is 3.93. The van der Waals surface area contributed by atoms with Crippen LogP contribution < -0.4 is 0 Å². The average molecular weight is 302 g/mol. The van der Waals surface area contributed by atoms with Crippen molar-refractivity contribution in [1.82, 2.24) is 0 Å². The highest BCUT2D eigenvalue weighted by atomic mass is 16.5. The summed E-state index contributed by atoms with van der Waals surface area (Å²) in [7, 11) is 0. The Kier molecular flexibility index (Phi) is 9.29. The minimum Gasteiger partial charge on any atom is -0.462 e. The van der Waals surface area contributed by atoms with E-state index >= 15 is 0 Å². The molecule has 0 radical (unpaired) electrons. The number of rotatable bonds is 10. The summed E-state index contributed by atoms with van der Waals surface area (Å²) in [6.45, 7) is 6.70. The van der Waals surface area contributed by atoms with E-state index in [1.165, 1.54) is 18.4 Å². The van der Waals surface area contributed by atoms with Crippen molar-refractivity contribution in [3.63, 3.8) is 0 Å². The molecular weight excluding hydrogens is 272 g/mol. The Balaban J connectivity index is 2.47. The number of benzene rings is 1. The number of allylic oxidation sites excluding steroid dienone is 1. The van der Waals surface area contributed by atoms with Gasteiger partial charge in [-0.3, -0.25) is 0 Å². The van der Waals surface area contributed by atoms with Crippen molar-refractivity contribution >= 4 is 5.97 Å². The molecule has 1 aromatic carbocycles. The number of ether oxygens (including phenoxy) is 1. The fraction of sp³-hybridized carbons (Fsp3) is 0.550. The molecule has 0 aliphatic carbocycles. The van der Waals surface area contributed by atoms with Crippen molar-refractivity contribution in [2.24, 2.45) is 0 Å². The van der Waals surface area contributed by atoms with Crippen LogP contribution in [0.25, 0.3) is 0 Å². The molecule has 0 heterocycles. The Morgan fingerprint density at radius 3 is 2.50 bits per heavy atom. The van der Waals surface area contributed by atoms with Gasteiger partial charge in [-0.1, -0.05) is 63.1 Å². The van der Waals surface area contributed by atoms with Crippen molar-refractivity contribution in [2.45, 2.75) is 65.2 Å². The molecule has 122 valence electrons. The minimum absolute atomic E-state index is 0.166. The number of unbranched alkanes of at least 4 members (excludes halogenated alkanes) is 1. The Morgan fingerprint density at radius 1 is 1.14 bits per heavy atom. The van der Waals surface area contributed by atoms with Crippen molar-refractivity contribution in [3.05, 3.63) is 47.5 Å². The maximum absolute atomic E-state index is 11.8. The molecule has 2 heteroatoms. The van der Waals surface area contributed by atoms with Gasteiger partial charge in [0.15, 0.2) is 0 Å². The fourth-order valence-electron chi connectivity index (χ4n) is 2.56. The predicted octanol–water partition coefficient (Wildman–Crippen LogP) is 5.64. The summed E-state index contributed by atoms with van der Waals surface area (Å²) in [5.74, 6) is 0.409. The molecule has 0 aliphatic rings. The molecule has 0 saturated carbocycles. The molecule has 2 nitrogen and oxygen atoms in total. The first-order valence-electron chi connectivity index (χ1n) is 8.57. The molecule has 0 aliphatic heterocycles. The van der Waals surface area contributed by atoms with Crippen molar-refractivity contribution in [1.29, 1.82) is 0 Å². The Labute approximate surface area is 135 Å². The first-order valence-corrected chi connectivity index (χ1v) is 8.57. The van der Waals surface area contributed by atoms with Gasteiger partial charge in [0.25, 0.3) is 0 Å². The summed E-state index contributed by atoms with van der Waals surface area (Å²) in [4.78, 5) is 11.8. The van der Waals surface area contributed by atoms with Gasteiger partial charge in [0, 0.05) is 5.57 Å². The van der Waals surface area contributed by atoms with Crippen LogP contribution in [0.15, 0.2) is 42.0 Å². The van der Waals surface area contributed by atoms with Crippen LogP contribution in [-0.4, -0.2) is 12.6 Å². The van der Waals surface area contributed by atoms with Gasteiger partial charge in [0.1, 0.15) is 0 Å². The van der Waals surface area contributed by atoms with Crippen LogP contribution in [-0.2, 0) is 9.53 Å². The van der Waals surface area contributed by atoms with E-state index in [0.717, 1.165) is 31.3 Å². The highest BCUT2D eigenvalue weighted by Crippen LogP contribution is 2.26. The molecule has 0 aromatic heterocycles. The van der Waals surface area contributed by atoms with Crippen molar-refractivity contribution < 1.29 is 9.53 Å². The van der Waals surface area contributed by atoms with Gasteiger partial charge >= 0.3 is 5.97 Å². The first-order chi connectivity index (χ1) is 10.7. The molecule has 0 amide bonds. The minimum atomic E-state index is -0.166. The molecule has 0 fully saturated rings. The number of carbonyl (C=O) groups is 1. The van der Waals surface area contributed by atoms with E-state index in [1.54, 1.807) is 0 Å². The lowest BCUT2D eigenvalue weighted by molar-refractivity contribution is -0.139. The van der Waals surface area contributed by atoms with Crippen molar-refractivity contribution in [2.75, 3.05) is 6.61 Å². The lowest BCUT2D eigenvalue weighted by Gasteiger charge is -2.15. The smallest absolute Gasteiger partial charge is 0.333 e. The summed E-state index contributed by atoms with van der Waals surface area (Å²) in [5, 5.41) is 0. The molecule has 1 unspecified atom stereocenters. The highest BCUT2D eigenvalue weighted by Gasteiger charge is 2.10. The predicted molar refractivity (Wildman–Crippen MR) is 92.9 cm³/mol. The summed E-state index contributed by atoms with van der Waals surface area (Å²) < 4.78 is 5.23. The first kappa shape index (κ1) is 18.5. The van der Waals surface area contributed by atoms with Gasteiger partial charge in [-0.2, -0.15) is 0 Å². The Hall–Kier alpha value is -1.57. The third kappa shape index (κ3) is 6.93. The van der Waals surface area contributed by atoms with Crippen LogP contribution in [0.5, 0.6) is 0 Å². The summed E-state index contributed by atoms with van der Waals surface area (Å²) in [6.07, 6.45) is 8.39. The second-order valence-electron chi connectivity index (χ2n) is 5.85. The number of esters is 1. The zero-order valence-corrected chi connectivity index (χ0v) is 14.3. The van der Waals surface area contributed by atoms with Crippen molar-refractivity contribution in [3.8, 4) is 0 Å². The molecule has 1 aromatic rings. The van der Waals surface area contributed by atoms with Crippen LogP contribution in [0.2, 0.25) is 0 Å². The second-order valence-corrected chi connectivity index (χ2v) is 5.85. The monoisotopic (exact) mass is 302 g/mol. The maximum Gasteiger partial charge on any atom is 0.333 e. The largest absolute Gasteiger partial charge is 0.462 e. The molecule has 0 saturated heterocycles. The number of hydrogen-bond donors (Lipinski definition) is 0. The van der Waals surface area contributed by atoms with E-state index in [1.807, 2.05) is 13.0 Å². The number of hydrogen-bond acceptors (Lipinski definition) is 2. The van der Waals surface area contributed by atoms with Gasteiger partial charge < -0.3 is 4.74 Å². The molecule has 1 atom stereocenters. The average Bonchev–Trinajstić information content (AvgIpc) is 2.54. The Morgan fingerprint density at radius 2 is 1.86 bits per heavy atom. The molecule has 0 N–H and O–H groups in total. The number of carbonyl (C=O) groups excluding carboxylic acids is 1. The highest BCUT2D eigenvalue weighted by molar-refractivity contribution is 5.87. The lowest BCUT2D eigenvalue weighted by Crippen LogP contribution is -2.07. The molecule has 1 rings (SSSR count). The van der Waals surface area contributed by atoms with Gasteiger partial charge in [-0.15, -0.1) is 0 Å². The standard InChI is InChI=1S/C20H30O2/c1-4-6-16-22-20(21)17(3)12-10-15-18(11-5-2)19-13-8-7-9-14-19/h7-9,12-14,18H,4-6,10-11,15-16H2,1-3H3/b17-12+. The quantitative estimate of drug-likeness (QED) is 0.317. The van der Waals surface area contributed by atoms with Crippen LogP contribution >= 0.6 is 0 Å². The lowest BCUT2D eigenvalue weighted by atomic mass is 9.90. The third-order valence-electron chi connectivity index (χ3n) is 3.93. The van der Waals surface area contributed by atoms with Gasteiger partial charge in [-0.05, 0) is 44.1 Å². The zero-order chi connectivity index (χ0) is 16.2. The second kappa shape index (κ2) is 11.1. The summed E-state index contributed by atoms with van der Waals surface area (Å²) in [5.41, 5.74) is 2.14. The van der Waals surface area contributed by atoms with E-state index in [4.69, 9.17) is 4.74 Å². The van der Waals surface area contributed by atoms with Crippen LogP contribution in [0, 0.1) is 0 Å². The summed E-state index contributed by atoms with van der Waals surface area (Å²) >= 11 is 0. The summed E-state index contributed by atoms with van der Waals surface area (Å²) in [6, 6.07) is 10.7. The van der Waals surface area contributed by atoms with Gasteiger partial charge in [-0.25, -0.2) is 4.79 Å². The maximum atomic E-state index is 11.8. The SMILES string of the molecule is CCCCOC(=O)/C(C)=C/CCC(CCC)c1ccccc1. The van der Waals surface area contributed by atoms with Crippen LogP contribution in [0.1, 0.15) is 70.8 Å². The normalized spacial score (nSPS) is 13.0. The van der Waals surface area contributed by atoms with E-state index in [-0.39, 0.29) is 5.97 Å². The molecule has 0 bridgehead atoms. The van der Waals surface area contributed by atoms with Gasteiger partial charge in [0.05, 0.1) is 6.61 Å². The van der Waals surface area contributed by atoms with Crippen LogP contribution in [0.4, 0.5) is 0 Å². The van der Waals surface area contributed by atoms with E-state index in [0.29, 0.717) is 12.5 Å². The van der Waals surface area contributed by atoms with E-state index < -0.39 is 0 Å². The molecular formula is C20H30O2. The van der Waals surface area contributed by atoms with E-state index in [9.17, 15) is 4.79 Å². The molecule has 0 spiro atoms. The van der Waals surface area contributed by atoms with E-state index in [2.05, 4.69) is 44.2 Å². The fourth-order valence-corrected chi connectivity index (χ4v) is 2.56. The topological polar surface area (TPSA) is 26.3 Å². The molecule has 22 heavy (non-hydrogen) atoms.